The van der Waals surface area contributed by atoms with Gasteiger partial charge in [-0.05, 0) is 12.8 Å². The Labute approximate surface area is 283 Å². The molecule has 0 spiro atoms. The highest BCUT2D eigenvalue weighted by Crippen LogP contribution is 2.16. The van der Waals surface area contributed by atoms with Crippen molar-refractivity contribution in [2.45, 2.75) is 238 Å². The number of aliphatic hydroxyl groups excluding tert-OH is 1. The zero-order valence-corrected chi connectivity index (χ0v) is 30.9. The monoisotopic (exact) mass is 639 g/mol. The van der Waals surface area contributed by atoms with E-state index in [-0.39, 0.29) is 12.6 Å². The van der Waals surface area contributed by atoms with Gasteiger partial charge in [0.2, 0.25) is 0 Å². The van der Waals surface area contributed by atoms with E-state index in [1.165, 1.54) is 193 Å². The van der Waals surface area contributed by atoms with Crippen LogP contribution in [-0.4, -0.2) is 37.0 Å². The molecule has 0 saturated carbocycles. The van der Waals surface area contributed by atoms with E-state index in [1.54, 1.807) is 0 Å². The predicted octanol–water partition coefficient (Wildman–Crippen LogP) is 13.2. The van der Waals surface area contributed by atoms with Crippen LogP contribution in [0.5, 0.6) is 0 Å². The number of hydrogen-bond donors (Lipinski definition) is 1. The third-order valence-corrected chi connectivity index (χ3v) is 9.43. The van der Waals surface area contributed by atoms with Gasteiger partial charge in [0, 0.05) is 13.0 Å². The summed E-state index contributed by atoms with van der Waals surface area (Å²) in [6.45, 7) is 5.39. The van der Waals surface area contributed by atoms with Crippen LogP contribution in [0.4, 0.5) is 0 Å². The van der Waals surface area contributed by atoms with Gasteiger partial charge in [-0.15, -0.1) is 0 Å². The maximum Gasteiger partial charge on any atom is 0.306 e. The second kappa shape index (κ2) is 39.6. The number of unbranched alkanes of at least 4 members (excludes halogenated alkanes) is 31. The molecule has 0 fully saturated rings. The largest absolute Gasteiger partial charge is 0.457 e. The number of carbonyl (C=O) groups is 1. The topological polar surface area (TPSA) is 55.8 Å². The van der Waals surface area contributed by atoms with Crippen molar-refractivity contribution in [3.05, 3.63) is 0 Å². The minimum Gasteiger partial charge on any atom is -0.457 e. The molecular formula is C41H82O4. The Hall–Kier alpha value is -0.610. The first kappa shape index (κ1) is 44.4. The van der Waals surface area contributed by atoms with E-state index < -0.39 is 6.10 Å². The number of carbonyl (C=O) groups excluding carboxylic acids is 1. The number of rotatable bonds is 39. The van der Waals surface area contributed by atoms with Crippen LogP contribution in [-0.2, 0) is 14.3 Å². The molecule has 0 bridgehead atoms. The molecular weight excluding hydrogens is 556 g/mol. The van der Waals surface area contributed by atoms with Crippen LogP contribution in [0.1, 0.15) is 232 Å². The molecule has 0 aromatic carbocycles. The van der Waals surface area contributed by atoms with Crippen molar-refractivity contribution in [3.63, 3.8) is 0 Å². The Morgan fingerprint density at radius 3 is 1.04 bits per heavy atom. The van der Waals surface area contributed by atoms with E-state index in [2.05, 4.69) is 13.8 Å². The maximum atomic E-state index is 12.2. The highest BCUT2D eigenvalue weighted by molar-refractivity contribution is 5.69. The number of esters is 1. The molecule has 4 nitrogen and oxygen atoms in total. The van der Waals surface area contributed by atoms with Crippen LogP contribution < -0.4 is 0 Å². The lowest BCUT2D eigenvalue weighted by Crippen LogP contribution is -2.27. The van der Waals surface area contributed by atoms with Crippen LogP contribution in [0.2, 0.25) is 0 Å². The molecule has 0 aromatic heterocycles. The first-order valence-corrected chi connectivity index (χ1v) is 20.6. The van der Waals surface area contributed by atoms with Gasteiger partial charge in [0.1, 0.15) is 6.10 Å². The van der Waals surface area contributed by atoms with Crippen LogP contribution in [0, 0.1) is 0 Å². The molecule has 0 aliphatic heterocycles. The van der Waals surface area contributed by atoms with Gasteiger partial charge in [-0.25, -0.2) is 0 Å². The smallest absolute Gasteiger partial charge is 0.306 e. The van der Waals surface area contributed by atoms with Gasteiger partial charge in [0.15, 0.2) is 0 Å². The molecule has 0 saturated heterocycles. The highest BCUT2D eigenvalue weighted by atomic mass is 16.6. The lowest BCUT2D eigenvalue weighted by molar-refractivity contribution is -0.154. The summed E-state index contributed by atoms with van der Waals surface area (Å²) in [7, 11) is 0. The van der Waals surface area contributed by atoms with E-state index >= 15 is 0 Å². The van der Waals surface area contributed by atoms with Gasteiger partial charge < -0.3 is 14.6 Å². The predicted molar refractivity (Wildman–Crippen MR) is 196 cm³/mol. The first-order chi connectivity index (χ1) is 22.2. The third kappa shape index (κ3) is 37.7. The van der Waals surface area contributed by atoms with Crippen molar-refractivity contribution in [1.82, 2.24) is 0 Å². The van der Waals surface area contributed by atoms with E-state index in [9.17, 15) is 9.90 Å². The molecule has 0 amide bonds. The molecule has 0 heterocycles. The first-order valence-electron chi connectivity index (χ1n) is 20.6. The maximum absolute atomic E-state index is 12.2. The van der Waals surface area contributed by atoms with Crippen LogP contribution in [0.15, 0.2) is 0 Å². The minimum atomic E-state index is -0.523. The molecule has 1 atom stereocenters. The molecule has 0 aliphatic carbocycles. The molecule has 270 valence electrons. The summed E-state index contributed by atoms with van der Waals surface area (Å²) in [4.78, 5) is 12.2. The fourth-order valence-corrected chi connectivity index (χ4v) is 6.33. The zero-order chi connectivity index (χ0) is 32.7. The Morgan fingerprint density at radius 1 is 0.444 bits per heavy atom. The Morgan fingerprint density at radius 2 is 0.733 bits per heavy atom. The lowest BCUT2D eigenvalue weighted by Gasteiger charge is -2.16. The van der Waals surface area contributed by atoms with E-state index in [4.69, 9.17) is 9.47 Å². The summed E-state index contributed by atoms with van der Waals surface area (Å²) in [6.07, 6.45) is 44.5. The Kier molecular flexibility index (Phi) is 39.0. The molecule has 0 radical (unpaired) electrons. The SMILES string of the molecule is CCCCCCCCCCCCCCCCCCCCCCCCC(=O)OC(CO)COCCCCCCCCCCCCC. The quantitative estimate of drug-likeness (QED) is 0.0537. The lowest BCUT2D eigenvalue weighted by atomic mass is 10.0. The Balaban J connectivity index is 3.33. The summed E-state index contributed by atoms with van der Waals surface area (Å²) in [6, 6.07) is 0. The third-order valence-electron chi connectivity index (χ3n) is 9.43. The van der Waals surface area contributed by atoms with E-state index in [0.29, 0.717) is 19.6 Å². The summed E-state index contributed by atoms with van der Waals surface area (Å²) in [5.74, 6) is -0.194. The second-order valence-electron chi connectivity index (χ2n) is 14.1. The number of hydrogen-bond acceptors (Lipinski definition) is 4. The number of ether oxygens (including phenoxy) is 2. The van der Waals surface area contributed by atoms with Crippen LogP contribution in [0.25, 0.3) is 0 Å². The molecule has 4 heteroatoms. The summed E-state index contributed by atoms with van der Waals surface area (Å²) in [5.41, 5.74) is 0. The average Bonchev–Trinajstić information content (AvgIpc) is 3.05. The normalized spacial score (nSPS) is 12.2. The zero-order valence-electron chi connectivity index (χ0n) is 30.9. The molecule has 45 heavy (non-hydrogen) atoms. The Bertz CT molecular complexity index is 552. The highest BCUT2D eigenvalue weighted by Gasteiger charge is 2.13. The number of aliphatic hydroxyl groups is 1. The van der Waals surface area contributed by atoms with Crippen molar-refractivity contribution in [3.8, 4) is 0 Å². The molecule has 1 N–H and O–H groups in total. The fourth-order valence-electron chi connectivity index (χ4n) is 6.33. The van der Waals surface area contributed by atoms with Gasteiger partial charge in [0.25, 0.3) is 0 Å². The summed E-state index contributed by atoms with van der Waals surface area (Å²) < 4.78 is 11.1. The van der Waals surface area contributed by atoms with Crippen molar-refractivity contribution in [2.75, 3.05) is 19.8 Å². The average molecular weight is 639 g/mol. The van der Waals surface area contributed by atoms with Gasteiger partial charge in [0.05, 0.1) is 13.2 Å². The van der Waals surface area contributed by atoms with Crippen molar-refractivity contribution < 1.29 is 19.4 Å². The van der Waals surface area contributed by atoms with Gasteiger partial charge in [-0.1, -0.05) is 213 Å². The molecule has 0 aromatic rings. The minimum absolute atomic E-state index is 0.163. The fraction of sp³-hybridized carbons (Fsp3) is 0.976. The second-order valence-corrected chi connectivity index (χ2v) is 14.1. The van der Waals surface area contributed by atoms with Crippen molar-refractivity contribution in [2.24, 2.45) is 0 Å². The van der Waals surface area contributed by atoms with Gasteiger partial charge in [-0.3, -0.25) is 4.79 Å². The van der Waals surface area contributed by atoms with Crippen LogP contribution in [0.3, 0.4) is 0 Å². The summed E-state index contributed by atoms with van der Waals surface area (Å²) in [5, 5.41) is 9.56. The van der Waals surface area contributed by atoms with Crippen molar-refractivity contribution in [1.29, 1.82) is 0 Å². The standard InChI is InChI=1S/C41H82O4/c1-3-5-7-9-11-13-15-16-17-18-19-20-21-22-23-24-25-26-28-30-32-34-36-41(43)45-40(38-42)39-44-37-35-33-31-29-27-14-12-10-8-6-4-2/h40,42H,3-39H2,1-2H3. The van der Waals surface area contributed by atoms with Crippen molar-refractivity contribution >= 4 is 5.97 Å². The molecule has 1 unspecified atom stereocenters. The van der Waals surface area contributed by atoms with E-state index in [1.807, 2.05) is 0 Å². The van der Waals surface area contributed by atoms with E-state index in [0.717, 1.165) is 19.3 Å². The van der Waals surface area contributed by atoms with Gasteiger partial charge >= 0.3 is 5.97 Å². The molecule has 0 aliphatic rings. The van der Waals surface area contributed by atoms with Crippen LogP contribution >= 0.6 is 0 Å². The van der Waals surface area contributed by atoms with Gasteiger partial charge in [-0.2, -0.15) is 0 Å². The summed E-state index contributed by atoms with van der Waals surface area (Å²) >= 11 is 0. The molecule has 0 rings (SSSR count).